The van der Waals surface area contributed by atoms with E-state index in [1.165, 1.54) is 11.1 Å². The summed E-state index contributed by atoms with van der Waals surface area (Å²) in [5.41, 5.74) is 3.84. The number of hydrogen-bond acceptors (Lipinski definition) is 1. The summed E-state index contributed by atoms with van der Waals surface area (Å²) in [5.74, 6) is 0. The molecule has 13 heavy (non-hydrogen) atoms. The topological polar surface area (TPSA) is 12.0 Å². The second-order valence-electron chi connectivity index (χ2n) is 4.26. The maximum atomic E-state index is 3.97. The molecule has 2 aliphatic rings. The van der Waals surface area contributed by atoms with Crippen molar-refractivity contribution < 1.29 is 0 Å². The fourth-order valence-corrected chi connectivity index (χ4v) is 1.61. The van der Waals surface area contributed by atoms with Crippen LogP contribution in [-0.2, 0) is 0 Å². The van der Waals surface area contributed by atoms with Crippen LogP contribution in [0.4, 0.5) is 0 Å². The van der Waals surface area contributed by atoms with Crippen LogP contribution in [0.5, 0.6) is 0 Å². The summed E-state index contributed by atoms with van der Waals surface area (Å²) in [6, 6.07) is 0. The lowest BCUT2D eigenvalue weighted by atomic mass is 9.93. The average molecular weight is 173 g/mol. The van der Waals surface area contributed by atoms with Crippen molar-refractivity contribution in [2.24, 2.45) is 5.41 Å². The molecular formula is C12H15N. The van der Waals surface area contributed by atoms with E-state index >= 15 is 0 Å². The molecule has 0 atom stereocenters. The molecule has 0 radical (unpaired) electrons. The molecule has 2 rings (SSSR count). The van der Waals surface area contributed by atoms with E-state index in [9.17, 15) is 0 Å². The Kier molecular flexibility index (Phi) is 1.69. The van der Waals surface area contributed by atoms with Gasteiger partial charge >= 0.3 is 0 Å². The molecule has 1 N–H and O–H groups in total. The van der Waals surface area contributed by atoms with Crippen LogP contribution in [0.2, 0.25) is 0 Å². The van der Waals surface area contributed by atoms with Gasteiger partial charge in [0.25, 0.3) is 0 Å². The van der Waals surface area contributed by atoms with Crippen molar-refractivity contribution in [3.05, 3.63) is 47.7 Å². The first-order chi connectivity index (χ1) is 6.08. The molecule has 1 heteroatoms. The van der Waals surface area contributed by atoms with Gasteiger partial charge in [0, 0.05) is 23.2 Å². The van der Waals surface area contributed by atoms with Crippen LogP contribution < -0.4 is 5.32 Å². The molecule has 1 nitrogen and oxygen atoms in total. The monoisotopic (exact) mass is 173 g/mol. The third-order valence-electron chi connectivity index (χ3n) is 2.56. The summed E-state index contributed by atoms with van der Waals surface area (Å²) >= 11 is 0. The third kappa shape index (κ3) is 1.46. The van der Waals surface area contributed by atoms with Gasteiger partial charge in [0.05, 0.1) is 0 Å². The van der Waals surface area contributed by atoms with E-state index in [1.54, 1.807) is 0 Å². The largest absolute Gasteiger partial charge is 0.381 e. The molecule has 0 aromatic carbocycles. The lowest BCUT2D eigenvalue weighted by Gasteiger charge is -2.13. The minimum absolute atomic E-state index is 0.171. The van der Waals surface area contributed by atoms with E-state index in [4.69, 9.17) is 0 Å². The van der Waals surface area contributed by atoms with Crippen molar-refractivity contribution >= 4 is 0 Å². The summed E-state index contributed by atoms with van der Waals surface area (Å²) in [5, 5.41) is 3.25. The van der Waals surface area contributed by atoms with Crippen molar-refractivity contribution in [1.29, 1.82) is 0 Å². The van der Waals surface area contributed by atoms with Gasteiger partial charge in [0.1, 0.15) is 0 Å². The Morgan fingerprint density at radius 3 is 2.77 bits per heavy atom. The Hall–Kier alpha value is -1.24. The van der Waals surface area contributed by atoms with Crippen LogP contribution >= 0.6 is 0 Å². The Balaban J connectivity index is 2.42. The highest BCUT2D eigenvalue weighted by Gasteiger charge is 2.18. The van der Waals surface area contributed by atoms with Crippen LogP contribution in [0.3, 0.4) is 0 Å². The molecule has 0 aromatic heterocycles. The van der Waals surface area contributed by atoms with E-state index in [-0.39, 0.29) is 5.41 Å². The van der Waals surface area contributed by atoms with E-state index < -0.39 is 0 Å². The molecular weight excluding hydrogens is 158 g/mol. The van der Waals surface area contributed by atoms with Gasteiger partial charge in [-0.15, -0.1) is 0 Å². The van der Waals surface area contributed by atoms with E-state index in [0.29, 0.717) is 0 Å². The van der Waals surface area contributed by atoms with Crippen molar-refractivity contribution in [2.45, 2.75) is 13.8 Å². The summed E-state index contributed by atoms with van der Waals surface area (Å²) in [6.45, 7) is 9.31. The quantitative estimate of drug-likeness (QED) is 0.593. The van der Waals surface area contributed by atoms with Crippen molar-refractivity contribution in [2.75, 3.05) is 6.54 Å². The van der Waals surface area contributed by atoms with Gasteiger partial charge in [-0.3, -0.25) is 0 Å². The highest BCUT2D eigenvalue weighted by molar-refractivity contribution is 5.52. The molecule has 1 heterocycles. The fraction of sp³-hybridized carbons (Fsp3) is 0.333. The molecule has 0 saturated carbocycles. The van der Waals surface area contributed by atoms with Gasteiger partial charge in [0.2, 0.25) is 0 Å². The lowest BCUT2D eigenvalue weighted by molar-refractivity contribution is 0.626. The van der Waals surface area contributed by atoms with Crippen LogP contribution in [0.25, 0.3) is 0 Å². The van der Waals surface area contributed by atoms with Crippen molar-refractivity contribution in [3.63, 3.8) is 0 Å². The lowest BCUT2D eigenvalue weighted by Crippen LogP contribution is -2.07. The molecule has 0 fully saturated rings. The van der Waals surface area contributed by atoms with Crippen LogP contribution in [-0.4, -0.2) is 6.54 Å². The zero-order valence-electron chi connectivity index (χ0n) is 8.22. The Labute approximate surface area is 79.5 Å². The van der Waals surface area contributed by atoms with Gasteiger partial charge in [-0.25, -0.2) is 0 Å². The number of rotatable bonds is 0. The first-order valence-corrected chi connectivity index (χ1v) is 4.63. The molecule has 0 saturated heterocycles. The highest BCUT2D eigenvalue weighted by Crippen LogP contribution is 2.29. The van der Waals surface area contributed by atoms with E-state index in [2.05, 4.69) is 50.0 Å². The van der Waals surface area contributed by atoms with Crippen LogP contribution in [0.1, 0.15) is 13.8 Å². The van der Waals surface area contributed by atoms with Crippen molar-refractivity contribution in [1.82, 2.24) is 5.32 Å². The predicted octanol–water partition coefficient (Wildman–Crippen LogP) is 2.55. The standard InChI is InChI=1S/C12H15N/c1-9-11-5-7-12(2,3)6-4-10(11)8-13-9/h4-7,13H,1,8H2,2-3H3. The number of hydrogen-bond donors (Lipinski definition) is 1. The second kappa shape index (κ2) is 2.63. The Bertz CT molecular complexity index is 340. The zero-order valence-corrected chi connectivity index (χ0v) is 8.22. The van der Waals surface area contributed by atoms with Crippen LogP contribution in [0, 0.1) is 5.41 Å². The Morgan fingerprint density at radius 1 is 1.31 bits per heavy atom. The highest BCUT2D eigenvalue weighted by atomic mass is 14.9. The second-order valence-corrected chi connectivity index (χ2v) is 4.26. The maximum absolute atomic E-state index is 3.97. The number of allylic oxidation sites excluding steroid dienone is 3. The third-order valence-corrected chi connectivity index (χ3v) is 2.56. The van der Waals surface area contributed by atoms with Gasteiger partial charge in [-0.1, -0.05) is 44.7 Å². The van der Waals surface area contributed by atoms with Crippen LogP contribution in [0.15, 0.2) is 47.7 Å². The minimum Gasteiger partial charge on any atom is -0.381 e. The van der Waals surface area contributed by atoms with Gasteiger partial charge in [-0.05, 0) is 5.57 Å². The fourth-order valence-electron chi connectivity index (χ4n) is 1.61. The summed E-state index contributed by atoms with van der Waals surface area (Å²) in [7, 11) is 0. The van der Waals surface area contributed by atoms with E-state index in [1.807, 2.05) is 0 Å². The molecule has 0 aromatic rings. The molecule has 0 spiro atoms. The molecule has 0 unspecified atom stereocenters. The molecule has 1 aliphatic carbocycles. The first kappa shape index (κ1) is 8.36. The minimum atomic E-state index is 0.171. The summed E-state index contributed by atoms with van der Waals surface area (Å²) in [4.78, 5) is 0. The molecule has 68 valence electrons. The van der Waals surface area contributed by atoms with Gasteiger partial charge < -0.3 is 5.32 Å². The van der Waals surface area contributed by atoms with Crippen molar-refractivity contribution in [3.8, 4) is 0 Å². The SMILES string of the molecule is C=C1NCC2=C1C=CC(C)(C)C=C2. The summed E-state index contributed by atoms with van der Waals surface area (Å²) in [6.07, 6.45) is 8.86. The number of nitrogens with one attached hydrogen (secondary N) is 1. The first-order valence-electron chi connectivity index (χ1n) is 4.63. The molecule has 0 amide bonds. The Morgan fingerprint density at radius 2 is 2.00 bits per heavy atom. The summed E-state index contributed by atoms with van der Waals surface area (Å²) < 4.78 is 0. The molecule has 0 bridgehead atoms. The van der Waals surface area contributed by atoms with Gasteiger partial charge in [0.15, 0.2) is 0 Å². The van der Waals surface area contributed by atoms with Gasteiger partial charge in [-0.2, -0.15) is 0 Å². The van der Waals surface area contributed by atoms with E-state index in [0.717, 1.165) is 12.2 Å². The predicted molar refractivity (Wildman–Crippen MR) is 56.2 cm³/mol. The maximum Gasteiger partial charge on any atom is 0.0407 e. The normalized spacial score (nSPS) is 24.3. The zero-order chi connectivity index (χ0) is 9.47. The smallest absolute Gasteiger partial charge is 0.0407 e. The molecule has 1 aliphatic heterocycles. The average Bonchev–Trinajstić information content (AvgIpc) is 2.32.